The highest BCUT2D eigenvalue weighted by molar-refractivity contribution is 6.67. The van der Waals surface area contributed by atoms with Gasteiger partial charge in [0.2, 0.25) is 3.79 Å². The number of carbonyl (C=O) groups is 1. The van der Waals surface area contributed by atoms with Gasteiger partial charge in [-0.15, -0.1) is 0 Å². The van der Waals surface area contributed by atoms with Crippen LogP contribution in [0.3, 0.4) is 0 Å². The van der Waals surface area contributed by atoms with Crippen molar-refractivity contribution in [2.45, 2.75) is 36.5 Å². The summed E-state index contributed by atoms with van der Waals surface area (Å²) >= 11 is 16.9. The third-order valence-corrected chi connectivity index (χ3v) is 5.17. The maximum atomic E-state index is 14.5. The second-order valence-corrected chi connectivity index (χ2v) is 11.1. The summed E-state index contributed by atoms with van der Waals surface area (Å²) in [5.41, 5.74) is 1.57. The second-order valence-electron chi connectivity index (χ2n) is 8.56. The van der Waals surface area contributed by atoms with Crippen LogP contribution in [0.5, 0.6) is 0 Å². The third-order valence-electron chi connectivity index (χ3n) is 4.85. The van der Waals surface area contributed by atoms with E-state index < -0.39 is 16.5 Å². The van der Waals surface area contributed by atoms with E-state index in [2.05, 4.69) is 15.3 Å². The molecule has 2 aromatic rings. The summed E-state index contributed by atoms with van der Waals surface area (Å²) in [6.45, 7) is 8.76. The molecule has 0 unspecified atom stereocenters. The predicted molar refractivity (Wildman–Crippen MR) is 124 cm³/mol. The maximum Gasteiger partial charge on any atom is 0.412 e. The lowest BCUT2D eigenvalue weighted by Crippen LogP contribution is -2.35. The average molecular weight is 508 g/mol. The lowest BCUT2D eigenvalue weighted by atomic mass is 9.92. The van der Waals surface area contributed by atoms with E-state index >= 15 is 0 Å². The Kier molecular flexibility index (Phi) is 7.93. The number of nitrogens with zero attached hydrogens (tertiary/aromatic N) is 3. The van der Waals surface area contributed by atoms with Gasteiger partial charge in [0.1, 0.15) is 18.2 Å². The molecule has 1 aromatic carbocycles. The van der Waals surface area contributed by atoms with Crippen LogP contribution in [0.4, 0.5) is 15.0 Å². The van der Waals surface area contributed by atoms with E-state index in [-0.39, 0.29) is 11.2 Å². The zero-order valence-electron chi connectivity index (χ0n) is 18.1. The van der Waals surface area contributed by atoms with Gasteiger partial charge < -0.3 is 9.47 Å². The van der Waals surface area contributed by atoms with Gasteiger partial charge in [-0.1, -0.05) is 55.6 Å². The van der Waals surface area contributed by atoms with Crippen LogP contribution >= 0.6 is 34.8 Å². The van der Waals surface area contributed by atoms with Crippen molar-refractivity contribution in [3.05, 3.63) is 41.3 Å². The molecule has 1 fully saturated rings. The first kappa shape index (κ1) is 25.1. The Balaban J connectivity index is 1.89. The number of hydrogen-bond donors (Lipinski definition) is 1. The normalized spacial score (nSPS) is 15.6. The molecule has 2 heterocycles. The summed E-state index contributed by atoms with van der Waals surface area (Å²) in [6.07, 6.45) is -0.798. The standard InChI is InChI=1S/C21H26Cl3FN4O3/c1-20(2,3)17-11-18(26-19(30)32-13-21(22,23)24)29(27-17)15-4-5-16(25)14(10-15)12-28-6-8-31-9-7-28/h4-5,10-11H,6-9,12-13H2,1-3H3,(H,26,30). The molecule has 0 aliphatic carbocycles. The summed E-state index contributed by atoms with van der Waals surface area (Å²) in [5, 5.41) is 7.28. The molecule has 0 spiro atoms. The molecule has 0 atom stereocenters. The summed E-state index contributed by atoms with van der Waals surface area (Å²) < 4.78 is 24.7. The number of aromatic nitrogens is 2. The number of ether oxygens (including phenoxy) is 2. The number of alkyl halides is 3. The molecule has 1 saturated heterocycles. The molecule has 3 rings (SSSR count). The van der Waals surface area contributed by atoms with E-state index in [1.54, 1.807) is 22.9 Å². The molecule has 1 aliphatic heterocycles. The molecule has 0 bridgehead atoms. The SMILES string of the molecule is CC(C)(C)c1cc(NC(=O)OCC(Cl)(Cl)Cl)n(-c2ccc(F)c(CN3CCOCC3)c2)n1. The van der Waals surface area contributed by atoms with Crippen LogP contribution in [0, 0.1) is 5.82 Å². The fraction of sp³-hybridized carbons (Fsp3) is 0.524. The summed E-state index contributed by atoms with van der Waals surface area (Å²) in [7, 11) is 0. The Morgan fingerprint density at radius 1 is 1.22 bits per heavy atom. The van der Waals surface area contributed by atoms with Crippen molar-refractivity contribution in [1.29, 1.82) is 0 Å². The van der Waals surface area contributed by atoms with Crippen LogP contribution in [-0.2, 0) is 21.4 Å². The molecule has 11 heteroatoms. The molecular formula is C21H26Cl3FN4O3. The number of morpholine rings is 1. The van der Waals surface area contributed by atoms with E-state index in [1.807, 2.05) is 20.8 Å². The topological polar surface area (TPSA) is 68.6 Å². The van der Waals surface area contributed by atoms with Gasteiger partial charge in [-0.25, -0.2) is 13.9 Å². The Morgan fingerprint density at radius 2 is 1.91 bits per heavy atom. The Hall–Kier alpha value is -1.58. The van der Waals surface area contributed by atoms with Crippen molar-refractivity contribution in [1.82, 2.24) is 14.7 Å². The van der Waals surface area contributed by atoms with Crippen LogP contribution in [0.2, 0.25) is 0 Å². The Morgan fingerprint density at radius 3 is 2.53 bits per heavy atom. The monoisotopic (exact) mass is 506 g/mol. The van der Waals surface area contributed by atoms with Gasteiger partial charge >= 0.3 is 6.09 Å². The van der Waals surface area contributed by atoms with Crippen LogP contribution in [-0.4, -0.2) is 57.5 Å². The maximum absolute atomic E-state index is 14.5. The average Bonchev–Trinajstić information content (AvgIpc) is 3.13. The zero-order valence-corrected chi connectivity index (χ0v) is 20.4. The number of benzene rings is 1. The lowest BCUT2D eigenvalue weighted by molar-refractivity contribution is 0.0337. The highest BCUT2D eigenvalue weighted by Gasteiger charge is 2.25. The fourth-order valence-corrected chi connectivity index (χ4v) is 3.30. The largest absolute Gasteiger partial charge is 0.445 e. The highest BCUT2D eigenvalue weighted by atomic mass is 35.6. The fourth-order valence-electron chi connectivity index (χ4n) is 3.14. The molecule has 176 valence electrons. The molecule has 1 aromatic heterocycles. The van der Waals surface area contributed by atoms with Crippen LogP contribution in [0.1, 0.15) is 32.0 Å². The van der Waals surface area contributed by atoms with Gasteiger partial charge in [0, 0.05) is 36.7 Å². The van der Waals surface area contributed by atoms with Crippen molar-refractivity contribution in [2.24, 2.45) is 0 Å². The summed E-state index contributed by atoms with van der Waals surface area (Å²) in [6, 6.07) is 6.47. The van der Waals surface area contributed by atoms with E-state index in [1.165, 1.54) is 6.07 Å². The van der Waals surface area contributed by atoms with Gasteiger partial charge in [-0.05, 0) is 18.2 Å². The second kappa shape index (κ2) is 10.1. The minimum absolute atomic E-state index is 0.292. The van der Waals surface area contributed by atoms with Gasteiger partial charge in [0.25, 0.3) is 0 Å². The van der Waals surface area contributed by atoms with Gasteiger partial charge in [0.15, 0.2) is 0 Å². The summed E-state index contributed by atoms with van der Waals surface area (Å²) in [5.74, 6) is 0.0493. The van der Waals surface area contributed by atoms with Crippen molar-refractivity contribution in [3.8, 4) is 5.69 Å². The third kappa shape index (κ3) is 6.96. The smallest absolute Gasteiger partial charge is 0.412 e. The van der Waals surface area contributed by atoms with Crippen molar-refractivity contribution in [3.63, 3.8) is 0 Å². The first-order valence-corrected chi connectivity index (χ1v) is 11.3. The first-order chi connectivity index (χ1) is 14.9. The Labute approximate surface area is 201 Å². The molecule has 1 N–H and O–H groups in total. The zero-order chi connectivity index (χ0) is 23.5. The van der Waals surface area contributed by atoms with E-state index in [0.29, 0.717) is 36.8 Å². The number of rotatable bonds is 5. The van der Waals surface area contributed by atoms with Gasteiger partial charge in [-0.3, -0.25) is 10.2 Å². The molecule has 7 nitrogen and oxygen atoms in total. The van der Waals surface area contributed by atoms with E-state index in [9.17, 15) is 9.18 Å². The molecule has 32 heavy (non-hydrogen) atoms. The number of amides is 1. The quantitative estimate of drug-likeness (QED) is 0.573. The van der Waals surface area contributed by atoms with Crippen LogP contribution in [0.25, 0.3) is 5.69 Å². The number of carbonyl (C=O) groups excluding carboxylic acids is 1. The molecule has 1 aliphatic rings. The molecule has 1 amide bonds. The van der Waals surface area contributed by atoms with E-state index in [0.717, 1.165) is 18.8 Å². The molecule has 0 radical (unpaired) electrons. The minimum Gasteiger partial charge on any atom is -0.445 e. The first-order valence-electron chi connectivity index (χ1n) is 10.1. The molecular weight excluding hydrogens is 482 g/mol. The van der Waals surface area contributed by atoms with Crippen molar-refractivity contribution in [2.75, 3.05) is 38.2 Å². The predicted octanol–water partition coefficient (Wildman–Crippen LogP) is 5.06. The lowest BCUT2D eigenvalue weighted by Gasteiger charge is -2.26. The number of anilines is 1. The number of nitrogens with one attached hydrogen (secondary N) is 1. The minimum atomic E-state index is -1.72. The van der Waals surface area contributed by atoms with Crippen molar-refractivity contribution >= 4 is 46.7 Å². The van der Waals surface area contributed by atoms with Gasteiger partial charge in [0.05, 0.1) is 24.6 Å². The molecule has 0 saturated carbocycles. The van der Waals surface area contributed by atoms with Crippen LogP contribution in [0.15, 0.2) is 24.3 Å². The van der Waals surface area contributed by atoms with E-state index in [4.69, 9.17) is 44.3 Å². The van der Waals surface area contributed by atoms with Gasteiger partial charge in [-0.2, -0.15) is 5.10 Å². The number of halogens is 4. The highest BCUT2D eigenvalue weighted by Crippen LogP contribution is 2.29. The Bertz CT molecular complexity index is 951. The summed E-state index contributed by atoms with van der Waals surface area (Å²) in [4.78, 5) is 14.4. The van der Waals surface area contributed by atoms with Crippen LogP contribution < -0.4 is 5.32 Å². The van der Waals surface area contributed by atoms with Crippen molar-refractivity contribution < 1.29 is 18.7 Å². The number of hydrogen-bond acceptors (Lipinski definition) is 5.